The number of aryl methyl sites for hydroxylation is 1. The lowest BCUT2D eigenvalue weighted by Crippen LogP contribution is -1.99. The van der Waals surface area contributed by atoms with E-state index >= 15 is 0 Å². The van der Waals surface area contributed by atoms with Crippen molar-refractivity contribution in [2.75, 3.05) is 5.32 Å². The molecule has 0 saturated heterocycles. The average molecular weight is 278 g/mol. The number of aromatic nitrogens is 2. The summed E-state index contributed by atoms with van der Waals surface area (Å²) in [7, 11) is 0. The standard InChI is InChI=1S/C12H12BrN3/c1-8-9(2)14-7-15-12(8)16-11-5-3-10(13)4-6-11/h3-7H,1-2H3,(H,14,15,16). The molecule has 2 aromatic rings. The van der Waals surface area contributed by atoms with Crippen molar-refractivity contribution in [1.82, 2.24) is 9.97 Å². The Morgan fingerprint density at radius 2 is 1.75 bits per heavy atom. The zero-order chi connectivity index (χ0) is 11.5. The Balaban J connectivity index is 2.27. The van der Waals surface area contributed by atoms with E-state index in [2.05, 4.69) is 31.2 Å². The molecule has 0 unspecified atom stereocenters. The van der Waals surface area contributed by atoms with E-state index in [0.29, 0.717) is 0 Å². The summed E-state index contributed by atoms with van der Waals surface area (Å²) in [6.07, 6.45) is 1.57. The summed E-state index contributed by atoms with van der Waals surface area (Å²) in [5.74, 6) is 0.856. The third kappa shape index (κ3) is 2.39. The van der Waals surface area contributed by atoms with Crippen molar-refractivity contribution < 1.29 is 0 Å². The summed E-state index contributed by atoms with van der Waals surface area (Å²) in [4.78, 5) is 8.36. The highest BCUT2D eigenvalue weighted by Crippen LogP contribution is 2.20. The van der Waals surface area contributed by atoms with Gasteiger partial charge >= 0.3 is 0 Å². The maximum atomic E-state index is 4.22. The number of nitrogens with zero attached hydrogens (tertiary/aromatic N) is 2. The van der Waals surface area contributed by atoms with E-state index in [-0.39, 0.29) is 0 Å². The normalized spacial score (nSPS) is 10.2. The molecule has 0 aliphatic rings. The zero-order valence-corrected chi connectivity index (χ0v) is 10.7. The first kappa shape index (κ1) is 11.1. The summed E-state index contributed by atoms with van der Waals surface area (Å²) >= 11 is 3.40. The predicted molar refractivity (Wildman–Crippen MR) is 68.9 cm³/mol. The first-order valence-corrected chi connectivity index (χ1v) is 5.77. The van der Waals surface area contributed by atoms with Gasteiger partial charge in [0.25, 0.3) is 0 Å². The molecule has 1 aromatic heterocycles. The third-order valence-electron chi connectivity index (χ3n) is 2.44. The van der Waals surface area contributed by atoms with Gasteiger partial charge < -0.3 is 5.32 Å². The lowest BCUT2D eigenvalue weighted by Gasteiger charge is -2.09. The second-order valence-corrected chi connectivity index (χ2v) is 4.48. The van der Waals surface area contributed by atoms with Gasteiger partial charge in [0, 0.05) is 21.4 Å². The van der Waals surface area contributed by atoms with E-state index in [1.807, 2.05) is 38.1 Å². The number of halogens is 1. The number of anilines is 2. The van der Waals surface area contributed by atoms with E-state index in [0.717, 1.165) is 27.2 Å². The van der Waals surface area contributed by atoms with Crippen LogP contribution in [-0.2, 0) is 0 Å². The van der Waals surface area contributed by atoms with Crippen LogP contribution >= 0.6 is 15.9 Å². The van der Waals surface area contributed by atoms with Crippen molar-refractivity contribution in [1.29, 1.82) is 0 Å². The van der Waals surface area contributed by atoms with Crippen molar-refractivity contribution >= 4 is 27.4 Å². The molecule has 3 nitrogen and oxygen atoms in total. The molecule has 0 radical (unpaired) electrons. The Labute approximate surface area is 103 Å². The van der Waals surface area contributed by atoms with Gasteiger partial charge in [0.1, 0.15) is 12.1 Å². The van der Waals surface area contributed by atoms with Crippen LogP contribution in [0, 0.1) is 13.8 Å². The van der Waals surface area contributed by atoms with Crippen molar-refractivity contribution in [3.8, 4) is 0 Å². The van der Waals surface area contributed by atoms with Crippen LogP contribution in [0.2, 0.25) is 0 Å². The molecule has 4 heteroatoms. The summed E-state index contributed by atoms with van der Waals surface area (Å²) in [6, 6.07) is 7.99. The van der Waals surface area contributed by atoms with E-state index < -0.39 is 0 Å². The second kappa shape index (κ2) is 4.61. The topological polar surface area (TPSA) is 37.8 Å². The number of hydrogen-bond acceptors (Lipinski definition) is 3. The van der Waals surface area contributed by atoms with Crippen molar-refractivity contribution in [2.24, 2.45) is 0 Å². The maximum Gasteiger partial charge on any atom is 0.136 e. The van der Waals surface area contributed by atoms with Crippen LogP contribution in [0.25, 0.3) is 0 Å². The number of nitrogens with one attached hydrogen (secondary N) is 1. The molecule has 1 heterocycles. The Kier molecular flexibility index (Phi) is 3.19. The molecular weight excluding hydrogens is 266 g/mol. The molecule has 0 bridgehead atoms. The van der Waals surface area contributed by atoms with Crippen LogP contribution in [-0.4, -0.2) is 9.97 Å². The van der Waals surface area contributed by atoms with Crippen LogP contribution in [0.15, 0.2) is 35.1 Å². The first-order chi connectivity index (χ1) is 7.66. The van der Waals surface area contributed by atoms with E-state index in [4.69, 9.17) is 0 Å². The molecular formula is C12H12BrN3. The third-order valence-corrected chi connectivity index (χ3v) is 2.97. The Hall–Kier alpha value is -1.42. The lowest BCUT2D eigenvalue weighted by molar-refractivity contribution is 1.06. The fourth-order valence-electron chi connectivity index (χ4n) is 1.33. The number of hydrogen-bond donors (Lipinski definition) is 1. The molecule has 2 rings (SSSR count). The SMILES string of the molecule is Cc1ncnc(Nc2ccc(Br)cc2)c1C. The van der Waals surface area contributed by atoms with E-state index in [1.54, 1.807) is 6.33 Å². The van der Waals surface area contributed by atoms with Crippen LogP contribution in [0.1, 0.15) is 11.3 Å². The minimum Gasteiger partial charge on any atom is -0.340 e. The maximum absolute atomic E-state index is 4.22. The monoisotopic (exact) mass is 277 g/mol. The van der Waals surface area contributed by atoms with Crippen molar-refractivity contribution in [3.05, 3.63) is 46.3 Å². The van der Waals surface area contributed by atoms with Crippen LogP contribution in [0.3, 0.4) is 0 Å². The van der Waals surface area contributed by atoms with Gasteiger partial charge in [-0.1, -0.05) is 15.9 Å². The minimum atomic E-state index is 0.856. The number of rotatable bonds is 2. The Morgan fingerprint density at radius 3 is 2.44 bits per heavy atom. The zero-order valence-electron chi connectivity index (χ0n) is 9.16. The fourth-order valence-corrected chi connectivity index (χ4v) is 1.60. The molecule has 16 heavy (non-hydrogen) atoms. The Morgan fingerprint density at radius 1 is 1.06 bits per heavy atom. The summed E-state index contributed by atoms with van der Waals surface area (Å²) in [5.41, 5.74) is 3.09. The highest BCUT2D eigenvalue weighted by molar-refractivity contribution is 9.10. The molecule has 0 aliphatic heterocycles. The van der Waals surface area contributed by atoms with Gasteiger partial charge in [-0.3, -0.25) is 0 Å². The van der Waals surface area contributed by atoms with Crippen molar-refractivity contribution in [3.63, 3.8) is 0 Å². The molecule has 0 amide bonds. The Bertz CT molecular complexity index is 494. The highest BCUT2D eigenvalue weighted by Gasteiger charge is 2.03. The van der Waals surface area contributed by atoms with E-state index in [1.165, 1.54) is 0 Å². The fraction of sp³-hybridized carbons (Fsp3) is 0.167. The number of benzene rings is 1. The van der Waals surface area contributed by atoms with Gasteiger partial charge in [-0.05, 0) is 38.1 Å². The van der Waals surface area contributed by atoms with Crippen LogP contribution in [0.4, 0.5) is 11.5 Å². The first-order valence-electron chi connectivity index (χ1n) is 4.97. The summed E-state index contributed by atoms with van der Waals surface area (Å²) < 4.78 is 1.06. The van der Waals surface area contributed by atoms with Gasteiger partial charge in [-0.15, -0.1) is 0 Å². The van der Waals surface area contributed by atoms with Crippen molar-refractivity contribution in [2.45, 2.75) is 13.8 Å². The van der Waals surface area contributed by atoms with Gasteiger partial charge in [0.15, 0.2) is 0 Å². The quantitative estimate of drug-likeness (QED) is 0.912. The summed E-state index contributed by atoms with van der Waals surface area (Å²) in [6.45, 7) is 3.99. The average Bonchev–Trinajstić information content (AvgIpc) is 2.28. The van der Waals surface area contributed by atoms with Crippen LogP contribution in [0.5, 0.6) is 0 Å². The molecule has 1 aromatic carbocycles. The smallest absolute Gasteiger partial charge is 0.136 e. The molecule has 0 fully saturated rings. The lowest BCUT2D eigenvalue weighted by atomic mass is 10.2. The molecule has 82 valence electrons. The van der Waals surface area contributed by atoms with Gasteiger partial charge in [-0.25, -0.2) is 9.97 Å². The van der Waals surface area contributed by atoms with Gasteiger partial charge in [0.05, 0.1) is 0 Å². The second-order valence-electron chi connectivity index (χ2n) is 3.56. The van der Waals surface area contributed by atoms with Crippen LogP contribution < -0.4 is 5.32 Å². The predicted octanol–water partition coefficient (Wildman–Crippen LogP) is 3.60. The molecule has 0 spiro atoms. The molecule has 1 N–H and O–H groups in total. The molecule has 0 saturated carbocycles. The highest BCUT2D eigenvalue weighted by atomic mass is 79.9. The largest absolute Gasteiger partial charge is 0.340 e. The summed E-state index contributed by atoms with van der Waals surface area (Å²) in [5, 5.41) is 3.27. The minimum absolute atomic E-state index is 0.856. The molecule has 0 atom stereocenters. The molecule has 0 aliphatic carbocycles. The van der Waals surface area contributed by atoms with Gasteiger partial charge in [-0.2, -0.15) is 0 Å². The van der Waals surface area contributed by atoms with E-state index in [9.17, 15) is 0 Å². The van der Waals surface area contributed by atoms with Gasteiger partial charge in [0.2, 0.25) is 0 Å².